The van der Waals surface area contributed by atoms with Crippen LogP contribution in [0.1, 0.15) is 16.1 Å². The first-order valence-electron chi connectivity index (χ1n) is 7.11. The van der Waals surface area contributed by atoms with E-state index in [0.29, 0.717) is 21.6 Å². The molecule has 3 rings (SSSR count). The van der Waals surface area contributed by atoms with Crippen LogP contribution in [-0.2, 0) is 4.79 Å². The normalized spacial score (nSPS) is 11.0. The van der Waals surface area contributed by atoms with Gasteiger partial charge in [-0.25, -0.2) is 0 Å². The SMILES string of the molecule is NC(=O)c1oc2ccccc2c1NC(=O)/C=C/c1ccccc1Cl. The van der Waals surface area contributed by atoms with Crippen LogP contribution in [0, 0.1) is 0 Å². The third kappa shape index (κ3) is 3.16. The number of primary amides is 1. The van der Waals surface area contributed by atoms with Gasteiger partial charge in [0.15, 0.2) is 0 Å². The van der Waals surface area contributed by atoms with Crippen molar-refractivity contribution in [1.82, 2.24) is 0 Å². The lowest BCUT2D eigenvalue weighted by Crippen LogP contribution is -2.15. The Morgan fingerprint density at radius 3 is 2.54 bits per heavy atom. The molecule has 1 aromatic heterocycles. The summed E-state index contributed by atoms with van der Waals surface area (Å²) >= 11 is 6.04. The lowest BCUT2D eigenvalue weighted by molar-refractivity contribution is -0.111. The lowest BCUT2D eigenvalue weighted by atomic mass is 10.2. The molecule has 0 saturated carbocycles. The molecule has 0 saturated heterocycles. The third-order valence-electron chi connectivity index (χ3n) is 3.39. The highest BCUT2D eigenvalue weighted by atomic mass is 35.5. The number of rotatable bonds is 4. The van der Waals surface area contributed by atoms with E-state index in [1.807, 2.05) is 6.07 Å². The van der Waals surface area contributed by atoms with Crippen LogP contribution in [-0.4, -0.2) is 11.8 Å². The van der Waals surface area contributed by atoms with Gasteiger partial charge in [-0.05, 0) is 29.8 Å². The zero-order valence-electron chi connectivity index (χ0n) is 12.5. The molecular formula is C18H13ClN2O3. The van der Waals surface area contributed by atoms with Crippen molar-refractivity contribution in [2.24, 2.45) is 5.73 Å². The summed E-state index contributed by atoms with van der Waals surface area (Å²) in [7, 11) is 0. The largest absolute Gasteiger partial charge is 0.449 e. The minimum atomic E-state index is -0.753. The predicted molar refractivity (Wildman–Crippen MR) is 93.8 cm³/mol. The summed E-state index contributed by atoms with van der Waals surface area (Å²) in [6.07, 6.45) is 2.91. The molecule has 24 heavy (non-hydrogen) atoms. The van der Waals surface area contributed by atoms with Crippen molar-refractivity contribution in [1.29, 1.82) is 0 Å². The van der Waals surface area contributed by atoms with E-state index >= 15 is 0 Å². The van der Waals surface area contributed by atoms with Gasteiger partial charge in [-0.15, -0.1) is 0 Å². The minimum absolute atomic E-state index is 0.0873. The number of fused-ring (bicyclic) bond motifs is 1. The molecule has 5 nitrogen and oxygen atoms in total. The minimum Gasteiger partial charge on any atom is -0.449 e. The van der Waals surface area contributed by atoms with Crippen molar-refractivity contribution in [3.63, 3.8) is 0 Å². The molecule has 0 radical (unpaired) electrons. The monoisotopic (exact) mass is 340 g/mol. The van der Waals surface area contributed by atoms with Gasteiger partial charge in [-0.1, -0.05) is 41.9 Å². The fourth-order valence-electron chi connectivity index (χ4n) is 2.28. The maximum Gasteiger partial charge on any atom is 0.286 e. The molecule has 0 bridgehead atoms. The number of halogens is 1. The second kappa shape index (κ2) is 6.60. The van der Waals surface area contributed by atoms with E-state index in [4.69, 9.17) is 21.8 Å². The Labute approximate surface area is 142 Å². The van der Waals surface area contributed by atoms with Crippen LogP contribution in [0.5, 0.6) is 0 Å². The Bertz CT molecular complexity index is 960. The number of hydrogen-bond acceptors (Lipinski definition) is 3. The molecule has 3 N–H and O–H groups in total. The van der Waals surface area contributed by atoms with Gasteiger partial charge in [-0.2, -0.15) is 0 Å². The highest BCUT2D eigenvalue weighted by Crippen LogP contribution is 2.30. The average molecular weight is 341 g/mol. The van der Waals surface area contributed by atoms with Gasteiger partial charge in [0.1, 0.15) is 11.3 Å². The number of benzene rings is 2. The van der Waals surface area contributed by atoms with E-state index in [2.05, 4.69) is 5.32 Å². The topological polar surface area (TPSA) is 85.3 Å². The van der Waals surface area contributed by atoms with Crippen molar-refractivity contribution >= 4 is 46.1 Å². The molecule has 120 valence electrons. The number of nitrogens with one attached hydrogen (secondary N) is 1. The van der Waals surface area contributed by atoms with Gasteiger partial charge in [0, 0.05) is 16.5 Å². The molecule has 0 spiro atoms. The summed E-state index contributed by atoms with van der Waals surface area (Å²) in [6.45, 7) is 0. The molecule has 0 aliphatic carbocycles. The molecule has 0 unspecified atom stereocenters. The highest BCUT2D eigenvalue weighted by Gasteiger charge is 2.19. The molecular weight excluding hydrogens is 328 g/mol. The van der Waals surface area contributed by atoms with E-state index < -0.39 is 11.8 Å². The van der Waals surface area contributed by atoms with E-state index in [1.165, 1.54) is 6.08 Å². The van der Waals surface area contributed by atoms with Crippen LogP contribution in [0.2, 0.25) is 5.02 Å². The van der Waals surface area contributed by atoms with E-state index in [9.17, 15) is 9.59 Å². The molecule has 2 amide bonds. The summed E-state index contributed by atoms with van der Waals surface area (Å²) in [6, 6.07) is 14.1. The molecule has 0 aliphatic rings. The molecule has 6 heteroatoms. The zero-order valence-corrected chi connectivity index (χ0v) is 13.2. The van der Waals surface area contributed by atoms with Gasteiger partial charge in [0.25, 0.3) is 5.91 Å². The summed E-state index contributed by atoms with van der Waals surface area (Å²) in [5.41, 5.74) is 6.75. The van der Waals surface area contributed by atoms with E-state index in [0.717, 1.165) is 0 Å². The first kappa shape index (κ1) is 15.8. The number of nitrogens with two attached hydrogens (primary N) is 1. The second-order valence-corrected chi connectivity index (χ2v) is 5.42. The highest BCUT2D eigenvalue weighted by molar-refractivity contribution is 6.32. The quantitative estimate of drug-likeness (QED) is 0.707. The summed E-state index contributed by atoms with van der Waals surface area (Å²) < 4.78 is 5.41. The van der Waals surface area contributed by atoms with Crippen LogP contribution in [0.3, 0.4) is 0 Å². The molecule has 0 atom stereocenters. The Hall–Kier alpha value is -3.05. The van der Waals surface area contributed by atoms with Crippen molar-refractivity contribution in [2.75, 3.05) is 5.32 Å². The van der Waals surface area contributed by atoms with E-state index in [-0.39, 0.29) is 11.4 Å². The Morgan fingerprint density at radius 2 is 1.79 bits per heavy atom. The lowest BCUT2D eigenvalue weighted by Gasteiger charge is -2.02. The van der Waals surface area contributed by atoms with Crippen LogP contribution in [0.25, 0.3) is 17.0 Å². The van der Waals surface area contributed by atoms with Crippen molar-refractivity contribution in [3.05, 3.63) is 71.0 Å². The molecule has 1 heterocycles. The van der Waals surface area contributed by atoms with Crippen molar-refractivity contribution in [3.8, 4) is 0 Å². The van der Waals surface area contributed by atoms with E-state index in [1.54, 1.807) is 48.5 Å². The zero-order chi connectivity index (χ0) is 17.1. The maximum absolute atomic E-state index is 12.2. The number of furan rings is 1. The van der Waals surface area contributed by atoms with Gasteiger partial charge in [-0.3, -0.25) is 9.59 Å². The summed E-state index contributed by atoms with van der Waals surface area (Å²) in [5, 5.41) is 3.78. The van der Waals surface area contributed by atoms with Gasteiger partial charge in [0.05, 0.1) is 0 Å². The van der Waals surface area contributed by atoms with Crippen LogP contribution < -0.4 is 11.1 Å². The fourth-order valence-corrected chi connectivity index (χ4v) is 2.48. The number of anilines is 1. The molecule has 3 aromatic rings. The Balaban J connectivity index is 1.89. The smallest absolute Gasteiger partial charge is 0.286 e. The average Bonchev–Trinajstić information content (AvgIpc) is 2.93. The van der Waals surface area contributed by atoms with Crippen LogP contribution in [0.15, 0.2) is 59.0 Å². The third-order valence-corrected chi connectivity index (χ3v) is 3.73. The Kier molecular flexibility index (Phi) is 4.35. The summed E-state index contributed by atoms with van der Waals surface area (Å²) in [4.78, 5) is 23.7. The standard InChI is InChI=1S/C18H13ClN2O3/c19-13-7-3-1-5-11(13)9-10-15(22)21-16-12-6-2-4-8-14(12)24-17(16)18(20)23/h1-10H,(H2,20,23)(H,21,22)/b10-9+. The van der Waals surface area contributed by atoms with Crippen molar-refractivity contribution in [2.45, 2.75) is 0 Å². The second-order valence-electron chi connectivity index (χ2n) is 5.01. The Morgan fingerprint density at radius 1 is 1.08 bits per heavy atom. The molecule has 0 fully saturated rings. The number of amides is 2. The number of carbonyl (C=O) groups is 2. The first-order valence-corrected chi connectivity index (χ1v) is 7.49. The molecule has 0 aliphatic heterocycles. The number of para-hydroxylation sites is 1. The molecule has 2 aromatic carbocycles. The fraction of sp³-hybridized carbons (Fsp3) is 0. The van der Waals surface area contributed by atoms with Crippen LogP contribution >= 0.6 is 11.6 Å². The maximum atomic E-state index is 12.2. The van der Waals surface area contributed by atoms with Gasteiger partial charge >= 0.3 is 0 Å². The number of carbonyl (C=O) groups excluding carboxylic acids is 2. The first-order chi connectivity index (χ1) is 11.6. The predicted octanol–water partition coefficient (Wildman–Crippen LogP) is 3.84. The van der Waals surface area contributed by atoms with Gasteiger partial charge < -0.3 is 15.5 Å². The van der Waals surface area contributed by atoms with Crippen LogP contribution in [0.4, 0.5) is 5.69 Å². The van der Waals surface area contributed by atoms with Crippen molar-refractivity contribution < 1.29 is 14.0 Å². The summed E-state index contributed by atoms with van der Waals surface area (Å²) in [5.74, 6) is -1.27. The van der Waals surface area contributed by atoms with Gasteiger partial charge in [0.2, 0.25) is 11.7 Å². The number of hydrogen-bond donors (Lipinski definition) is 2.